The molecule has 154 valence electrons. The van der Waals surface area contributed by atoms with E-state index in [-0.39, 0.29) is 18.2 Å². The van der Waals surface area contributed by atoms with Crippen LogP contribution in [0.3, 0.4) is 0 Å². The van der Waals surface area contributed by atoms with Crippen molar-refractivity contribution >= 4 is 39.5 Å². The first-order valence-corrected chi connectivity index (χ1v) is 9.18. The molecule has 0 aliphatic heterocycles. The lowest BCUT2D eigenvalue weighted by Crippen LogP contribution is -2.34. The molecule has 0 atom stereocenters. The number of ether oxygens (including phenoxy) is 1. The molecule has 2 rings (SSSR count). The van der Waals surface area contributed by atoms with Crippen molar-refractivity contribution in [3.63, 3.8) is 0 Å². The van der Waals surface area contributed by atoms with E-state index in [1.54, 1.807) is 12.1 Å². The molecule has 9 heteroatoms. The molecule has 0 aromatic heterocycles. The quantitative estimate of drug-likeness (QED) is 0.618. The Hall–Kier alpha value is -2.81. The first-order chi connectivity index (χ1) is 13.5. The van der Waals surface area contributed by atoms with Crippen LogP contribution in [0.1, 0.15) is 11.1 Å². The minimum Gasteiger partial charge on any atom is -0.406 e. The topological polar surface area (TPSA) is 58.6 Å². The van der Waals surface area contributed by atoms with E-state index in [0.29, 0.717) is 11.3 Å². The van der Waals surface area contributed by atoms with Gasteiger partial charge in [0, 0.05) is 23.3 Å². The van der Waals surface area contributed by atoms with Crippen molar-refractivity contribution in [1.82, 2.24) is 4.90 Å². The van der Waals surface area contributed by atoms with Crippen LogP contribution in [0.15, 0.2) is 53.0 Å². The highest BCUT2D eigenvalue weighted by molar-refractivity contribution is 9.10. The largest absolute Gasteiger partial charge is 0.573 e. The van der Waals surface area contributed by atoms with Crippen LogP contribution in [0.4, 0.5) is 18.9 Å². The predicted octanol–water partition coefficient (Wildman–Crippen LogP) is 4.77. The second kappa shape index (κ2) is 9.60. The van der Waals surface area contributed by atoms with Crippen LogP contribution in [0, 0.1) is 6.92 Å². The number of alkyl halides is 3. The van der Waals surface area contributed by atoms with Crippen LogP contribution in [-0.2, 0) is 9.59 Å². The second-order valence-corrected chi connectivity index (χ2v) is 7.07. The summed E-state index contributed by atoms with van der Waals surface area (Å²) in [5, 5.41) is 2.74. The van der Waals surface area contributed by atoms with E-state index in [9.17, 15) is 22.8 Å². The molecular formula is C20H18BrF3N2O3. The number of hydrogen-bond donors (Lipinski definition) is 1. The first-order valence-electron chi connectivity index (χ1n) is 8.38. The van der Waals surface area contributed by atoms with Gasteiger partial charge in [0.05, 0.1) is 6.54 Å². The number of hydrogen-bond acceptors (Lipinski definition) is 3. The van der Waals surface area contributed by atoms with Crippen molar-refractivity contribution in [3.8, 4) is 5.75 Å². The van der Waals surface area contributed by atoms with Gasteiger partial charge >= 0.3 is 6.36 Å². The molecule has 0 aliphatic carbocycles. The molecule has 0 saturated heterocycles. The average molecular weight is 471 g/mol. The number of carbonyl (C=O) groups excluding carboxylic acids is 2. The number of aryl methyl sites for hydroxylation is 1. The highest BCUT2D eigenvalue weighted by Crippen LogP contribution is 2.23. The van der Waals surface area contributed by atoms with Gasteiger partial charge in [-0.25, -0.2) is 0 Å². The fourth-order valence-electron chi connectivity index (χ4n) is 2.33. The zero-order valence-electron chi connectivity index (χ0n) is 15.6. The fraction of sp³-hybridized carbons (Fsp3) is 0.200. The Labute approximate surface area is 174 Å². The molecule has 0 aliphatic rings. The molecular weight excluding hydrogens is 453 g/mol. The van der Waals surface area contributed by atoms with Crippen molar-refractivity contribution in [2.24, 2.45) is 0 Å². The van der Waals surface area contributed by atoms with Gasteiger partial charge in [-0.05, 0) is 54.5 Å². The van der Waals surface area contributed by atoms with E-state index in [0.717, 1.165) is 22.2 Å². The number of carbonyl (C=O) groups is 2. The van der Waals surface area contributed by atoms with E-state index >= 15 is 0 Å². The number of rotatable bonds is 6. The van der Waals surface area contributed by atoms with Gasteiger partial charge in [0.1, 0.15) is 5.75 Å². The summed E-state index contributed by atoms with van der Waals surface area (Å²) in [6.45, 7) is 1.69. The van der Waals surface area contributed by atoms with Crippen molar-refractivity contribution in [2.45, 2.75) is 13.3 Å². The van der Waals surface area contributed by atoms with Crippen LogP contribution >= 0.6 is 15.9 Å². The maximum absolute atomic E-state index is 12.1. The van der Waals surface area contributed by atoms with Crippen molar-refractivity contribution in [3.05, 3.63) is 64.1 Å². The zero-order valence-corrected chi connectivity index (χ0v) is 17.2. The molecule has 0 unspecified atom stereocenters. The number of amides is 2. The number of benzene rings is 2. The van der Waals surface area contributed by atoms with E-state index in [1.807, 2.05) is 13.0 Å². The van der Waals surface area contributed by atoms with Crippen molar-refractivity contribution in [1.29, 1.82) is 0 Å². The molecule has 2 aromatic carbocycles. The molecule has 0 saturated carbocycles. The smallest absolute Gasteiger partial charge is 0.406 e. The Kier molecular flexibility index (Phi) is 7.44. The van der Waals surface area contributed by atoms with Crippen LogP contribution in [-0.4, -0.2) is 36.7 Å². The molecule has 0 spiro atoms. The Morgan fingerprint density at radius 3 is 2.41 bits per heavy atom. The molecule has 0 radical (unpaired) electrons. The third kappa shape index (κ3) is 7.61. The molecule has 0 heterocycles. The first kappa shape index (κ1) is 22.5. The van der Waals surface area contributed by atoms with Gasteiger partial charge in [-0.3, -0.25) is 9.59 Å². The summed E-state index contributed by atoms with van der Waals surface area (Å²) < 4.78 is 41.1. The number of likely N-dealkylation sites (N-methyl/N-ethyl adjacent to an activating group) is 1. The summed E-state index contributed by atoms with van der Waals surface area (Å²) in [5.41, 5.74) is 2.03. The molecule has 29 heavy (non-hydrogen) atoms. The Morgan fingerprint density at radius 2 is 1.83 bits per heavy atom. The maximum atomic E-state index is 12.1. The molecule has 0 bridgehead atoms. The standard InChI is InChI=1S/C20H18BrF3N2O3/c1-13-11-15(21)6-9-17(13)25-18(27)12-26(2)19(28)10-5-14-3-7-16(8-4-14)29-20(22,23)24/h3-11H,12H2,1-2H3,(H,25,27)/b10-5+. The third-order valence-corrected chi connectivity index (χ3v) is 4.24. The highest BCUT2D eigenvalue weighted by atomic mass is 79.9. The zero-order chi connectivity index (χ0) is 21.6. The van der Waals surface area contributed by atoms with E-state index in [2.05, 4.69) is 26.0 Å². The van der Waals surface area contributed by atoms with Gasteiger partial charge in [0.15, 0.2) is 0 Å². The number of nitrogens with zero attached hydrogens (tertiary/aromatic N) is 1. The molecule has 0 fully saturated rings. The monoisotopic (exact) mass is 470 g/mol. The van der Waals surface area contributed by atoms with Crippen LogP contribution in [0.2, 0.25) is 0 Å². The van der Waals surface area contributed by atoms with Gasteiger partial charge in [-0.1, -0.05) is 28.1 Å². The highest BCUT2D eigenvalue weighted by Gasteiger charge is 2.30. The molecule has 5 nitrogen and oxygen atoms in total. The predicted molar refractivity (Wildman–Crippen MR) is 107 cm³/mol. The number of nitrogens with one attached hydrogen (secondary N) is 1. The lowest BCUT2D eigenvalue weighted by atomic mass is 10.2. The van der Waals surface area contributed by atoms with Gasteiger partial charge in [0.25, 0.3) is 0 Å². The maximum Gasteiger partial charge on any atom is 0.573 e. The van der Waals surface area contributed by atoms with Gasteiger partial charge in [0.2, 0.25) is 11.8 Å². The minimum atomic E-state index is -4.76. The van der Waals surface area contributed by atoms with E-state index in [4.69, 9.17) is 0 Å². The lowest BCUT2D eigenvalue weighted by Gasteiger charge is -2.15. The normalized spacial score (nSPS) is 11.4. The van der Waals surface area contributed by atoms with Gasteiger partial charge < -0.3 is 15.0 Å². The summed E-state index contributed by atoms with van der Waals surface area (Å²) in [6, 6.07) is 10.5. The van der Waals surface area contributed by atoms with Gasteiger partial charge in [-0.2, -0.15) is 0 Å². The number of halogens is 4. The van der Waals surface area contributed by atoms with Gasteiger partial charge in [-0.15, -0.1) is 13.2 Å². The fourth-order valence-corrected chi connectivity index (χ4v) is 2.80. The van der Waals surface area contributed by atoms with E-state index in [1.165, 1.54) is 36.2 Å². The molecule has 2 amide bonds. The molecule has 1 N–H and O–H groups in total. The summed E-state index contributed by atoms with van der Waals surface area (Å²) in [5.74, 6) is -1.13. The SMILES string of the molecule is Cc1cc(Br)ccc1NC(=O)CN(C)C(=O)/C=C/c1ccc(OC(F)(F)F)cc1. The Morgan fingerprint density at radius 1 is 1.17 bits per heavy atom. The van der Waals surface area contributed by atoms with Crippen LogP contribution < -0.4 is 10.1 Å². The van der Waals surface area contributed by atoms with Crippen LogP contribution in [0.5, 0.6) is 5.75 Å². The lowest BCUT2D eigenvalue weighted by molar-refractivity contribution is -0.274. The summed E-state index contributed by atoms with van der Waals surface area (Å²) in [6.07, 6.45) is -2.09. The Balaban J connectivity index is 1.90. The summed E-state index contributed by atoms with van der Waals surface area (Å²) in [7, 11) is 1.47. The second-order valence-electron chi connectivity index (χ2n) is 6.15. The third-order valence-electron chi connectivity index (χ3n) is 3.75. The number of anilines is 1. The molecule has 2 aromatic rings. The van der Waals surface area contributed by atoms with E-state index < -0.39 is 12.3 Å². The van der Waals surface area contributed by atoms with Crippen molar-refractivity contribution < 1.29 is 27.5 Å². The Bertz CT molecular complexity index is 912. The summed E-state index contributed by atoms with van der Waals surface area (Å²) >= 11 is 3.34. The summed E-state index contributed by atoms with van der Waals surface area (Å²) in [4.78, 5) is 25.5. The minimum absolute atomic E-state index is 0.156. The van der Waals surface area contributed by atoms with Crippen molar-refractivity contribution in [2.75, 3.05) is 18.9 Å². The van der Waals surface area contributed by atoms with Crippen LogP contribution in [0.25, 0.3) is 6.08 Å². The average Bonchev–Trinajstić information content (AvgIpc) is 2.62.